The molecule has 4 heteroatoms. The molecule has 0 spiro atoms. The number of amides is 1. The summed E-state index contributed by atoms with van der Waals surface area (Å²) in [6.45, 7) is 4.90. The summed E-state index contributed by atoms with van der Waals surface area (Å²) in [5, 5.41) is 2.89. The van der Waals surface area contributed by atoms with E-state index in [4.69, 9.17) is 9.47 Å². The van der Waals surface area contributed by atoms with Crippen molar-refractivity contribution < 1.29 is 14.3 Å². The topological polar surface area (TPSA) is 47.6 Å². The summed E-state index contributed by atoms with van der Waals surface area (Å²) < 4.78 is 11.7. The monoisotopic (exact) mass is 417 g/mol. The molecule has 1 amide bonds. The van der Waals surface area contributed by atoms with Gasteiger partial charge in [-0.15, -0.1) is 0 Å². The van der Waals surface area contributed by atoms with Crippen molar-refractivity contribution in [2.75, 3.05) is 18.5 Å². The second-order valence-electron chi connectivity index (χ2n) is 7.65. The molecule has 31 heavy (non-hydrogen) atoms. The van der Waals surface area contributed by atoms with E-state index in [0.717, 1.165) is 36.3 Å². The van der Waals surface area contributed by atoms with Crippen LogP contribution < -0.4 is 14.8 Å². The van der Waals surface area contributed by atoms with Crippen molar-refractivity contribution in [2.45, 2.75) is 39.0 Å². The molecule has 0 heterocycles. The number of carbonyl (C=O) groups excluding carboxylic acids is 1. The number of rotatable bonds is 11. The Balaban J connectivity index is 1.46. The van der Waals surface area contributed by atoms with Crippen molar-refractivity contribution in [3.05, 3.63) is 90.0 Å². The number of hydrogen-bond acceptors (Lipinski definition) is 3. The van der Waals surface area contributed by atoms with Crippen LogP contribution in [0.3, 0.4) is 0 Å². The molecule has 0 saturated heterocycles. The normalized spacial score (nSPS) is 11.5. The summed E-state index contributed by atoms with van der Waals surface area (Å²) in [4.78, 5) is 12.4. The van der Waals surface area contributed by atoms with Crippen LogP contribution in [0.1, 0.15) is 43.7 Å². The molecular weight excluding hydrogens is 386 g/mol. The third-order valence-corrected chi connectivity index (χ3v) is 5.26. The van der Waals surface area contributed by atoms with Crippen LogP contribution in [0.4, 0.5) is 5.69 Å². The van der Waals surface area contributed by atoms with Crippen LogP contribution in [-0.2, 0) is 11.2 Å². The lowest BCUT2D eigenvalue weighted by Crippen LogP contribution is -2.20. The zero-order chi connectivity index (χ0) is 21.9. The minimum absolute atomic E-state index is 0.0321. The number of hydrogen-bond donors (Lipinski definition) is 1. The van der Waals surface area contributed by atoms with Crippen LogP contribution in [0.2, 0.25) is 0 Å². The van der Waals surface area contributed by atoms with Gasteiger partial charge in [0.2, 0.25) is 0 Å². The predicted molar refractivity (Wildman–Crippen MR) is 126 cm³/mol. The first-order chi connectivity index (χ1) is 15.2. The molecule has 1 N–H and O–H groups in total. The van der Waals surface area contributed by atoms with E-state index in [1.54, 1.807) is 0 Å². The first-order valence-electron chi connectivity index (χ1n) is 10.9. The first kappa shape index (κ1) is 22.4. The predicted octanol–water partition coefficient (Wildman–Crippen LogP) is 6.23. The Hall–Kier alpha value is -3.27. The van der Waals surface area contributed by atoms with E-state index in [0.29, 0.717) is 18.2 Å². The molecule has 1 unspecified atom stereocenters. The van der Waals surface area contributed by atoms with Crippen LogP contribution >= 0.6 is 0 Å². The maximum Gasteiger partial charge on any atom is 0.262 e. The van der Waals surface area contributed by atoms with Crippen LogP contribution in [0.15, 0.2) is 78.9 Å². The highest BCUT2D eigenvalue weighted by atomic mass is 16.5. The van der Waals surface area contributed by atoms with Crippen LogP contribution in [0.5, 0.6) is 11.5 Å². The Morgan fingerprint density at radius 1 is 0.935 bits per heavy atom. The number of aryl methyl sites for hydroxylation is 1. The summed E-state index contributed by atoms with van der Waals surface area (Å²) in [5.41, 5.74) is 3.13. The molecule has 0 aliphatic rings. The lowest BCUT2D eigenvalue weighted by Gasteiger charge is -2.15. The lowest BCUT2D eigenvalue weighted by molar-refractivity contribution is -0.118. The maximum atomic E-state index is 12.4. The van der Waals surface area contributed by atoms with Crippen LogP contribution in [0.25, 0.3) is 0 Å². The highest BCUT2D eigenvalue weighted by molar-refractivity contribution is 5.92. The van der Waals surface area contributed by atoms with Gasteiger partial charge in [-0.25, -0.2) is 0 Å². The SMILES string of the molecule is CCC(C)c1ccccc1OCC(=O)Nc1cccc(OCCCc2ccccc2)c1. The molecule has 0 radical (unpaired) electrons. The van der Waals surface area contributed by atoms with Gasteiger partial charge in [0.05, 0.1) is 6.61 Å². The molecule has 0 aliphatic heterocycles. The quantitative estimate of drug-likeness (QED) is 0.376. The molecule has 0 saturated carbocycles. The minimum Gasteiger partial charge on any atom is -0.494 e. The largest absolute Gasteiger partial charge is 0.494 e. The summed E-state index contributed by atoms with van der Waals surface area (Å²) in [6.07, 6.45) is 2.93. The van der Waals surface area contributed by atoms with Crippen LogP contribution in [-0.4, -0.2) is 19.1 Å². The first-order valence-corrected chi connectivity index (χ1v) is 10.9. The van der Waals surface area contributed by atoms with Gasteiger partial charge in [0.1, 0.15) is 11.5 Å². The third kappa shape index (κ3) is 7.18. The van der Waals surface area contributed by atoms with Gasteiger partial charge in [-0.2, -0.15) is 0 Å². The van der Waals surface area contributed by atoms with Crippen molar-refractivity contribution in [3.8, 4) is 11.5 Å². The van der Waals surface area contributed by atoms with E-state index in [-0.39, 0.29) is 12.5 Å². The summed E-state index contributed by atoms with van der Waals surface area (Å²) >= 11 is 0. The van der Waals surface area contributed by atoms with Crippen molar-refractivity contribution in [2.24, 2.45) is 0 Å². The fraction of sp³-hybridized carbons (Fsp3) is 0.296. The summed E-state index contributed by atoms with van der Waals surface area (Å²) in [6, 6.07) is 25.7. The average molecular weight is 418 g/mol. The van der Waals surface area contributed by atoms with E-state index in [2.05, 4.69) is 49.5 Å². The van der Waals surface area contributed by atoms with Crippen LogP contribution in [0, 0.1) is 0 Å². The Morgan fingerprint density at radius 2 is 1.71 bits per heavy atom. The smallest absolute Gasteiger partial charge is 0.262 e. The van der Waals surface area contributed by atoms with Crippen molar-refractivity contribution in [1.29, 1.82) is 0 Å². The molecule has 3 aromatic carbocycles. The Morgan fingerprint density at radius 3 is 2.52 bits per heavy atom. The fourth-order valence-corrected chi connectivity index (χ4v) is 3.35. The van der Waals surface area contributed by atoms with E-state index >= 15 is 0 Å². The van der Waals surface area contributed by atoms with Crippen molar-refractivity contribution in [3.63, 3.8) is 0 Å². The summed E-state index contributed by atoms with van der Waals surface area (Å²) in [5.74, 6) is 1.70. The molecular formula is C27H31NO3. The maximum absolute atomic E-state index is 12.4. The van der Waals surface area contributed by atoms with Gasteiger partial charge in [0.15, 0.2) is 6.61 Å². The van der Waals surface area contributed by atoms with Gasteiger partial charge in [0, 0.05) is 11.8 Å². The lowest BCUT2D eigenvalue weighted by atomic mass is 9.98. The number of benzene rings is 3. The highest BCUT2D eigenvalue weighted by Crippen LogP contribution is 2.28. The average Bonchev–Trinajstić information content (AvgIpc) is 2.81. The number of para-hydroxylation sites is 1. The van der Waals surface area contributed by atoms with E-state index in [1.165, 1.54) is 5.56 Å². The fourth-order valence-electron chi connectivity index (χ4n) is 3.35. The number of nitrogens with one attached hydrogen (secondary N) is 1. The second-order valence-corrected chi connectivity index (χ2v) is 7.65. The molecule has 4 nitrogen and oxygen atoms in total. The molecule has 0 aliphatic carbocycles. The van der Waals surface area contributed by atoms with Gasteiger partial charge in [-0.3, -0.25) is 4.79 Å². The zero-order valence-corrected chi connectivity index (χ0v) is 18.3. The molecule has 3 aromatic rings. The van der Waals surface area contributed by atoms with Gasteiger partial charge in [-0.05, 0) is 54.5 Å². The highest BCUT2D eigenvalue weighted by Gasteiger charge is 2.11. The zero-order valence-electron chi connectivity index (χ0n) is 18.3. The number of anilines is 1. The molecule has 0 fully saturated rings. The van der Waals surface area contributed by atoms with Gasteiger partial charge >= 0.3 is 0 Å². The second kappa shape index (κ2) is 11.8. The molecule has 3 rings (SSSR count). The van der Waals surface area contributed by atoms with E-state index < -0.39 is 0 Å². The molecule has 1 atom stereocenters. The number of carbonyl (C=O) groups is 1. The Kier molecular flexibility index (Phi) is 8.53. The number of ether oxygens (including phenoxy) is 2. The van der Waals surface area contributed by atoms with Gasteiger partial charge < -0.3 is 14.8 Å². The molecule has 0 aromatic heterocycles. The summed E-state index contributed by atoms with van der Waals surface area (Å²) in [7, 11) is 0. The van der Waals surface area contributed by atoms with Crippen molar-refractivity contribution >= 4 is 11.6 Å². The molecule has 0 bridgehead atoms. The third-order valence-electron chi connectivity index (χ3n) is 5.26. The Bertz CT molecular complexity index is 955. The Labute approximate surface area is 185 Å². The van der Waals surface area contributed by atoms with E-state index in [1.807, 2.05) is 48.5 Å². The minimum atomic E-state index is -0.194. The van der Waals surface area contributed by atoms with E-state index in [9.17, 15) is 4.79 Å². The standard InChI is InChI=1S/C27H31NO3/c1-3-21(2)25-16-7-8-17-26(25)31-20-27(29)28-23-14-9-15-24(19-23)30-18-10-13-22-11-5-4-6-12-22/h4-9,11-12,14-17,19,21H,3,10,13,18,20H2,1-2H3,(H,28,29). The molecule has 162 valence electrons. The van der Waals surface area contributed by atoms with Gasteiger partial charge in [0.25, 0.3) is 5.91 Å². The van der Waals surface area contributed by atoms with Gasteiger partial charge in [-0.1, -0.05) is 68.4 Å². The van der Waals surface area contributed by atoms with Crippen molar-refractivity contribution in [1.82, 2.24) is 0 Å².